The molecule has 1 saturated heterocycles. The molecule has 0 unspecified atom stereocenters. The standard InChI is InChI=1S/C12H18BrN3O2S/c1-9-6-11(13)7-15-12(9)16-4-2-10(3-5-16)8-19(14,17)18/h6-7,10H,2-5,8H2,1H3,(H2,14,17,18). The van der Waals surface area contributed by atoms with Crippen LogP contribution in [-0.2, 0) is 10.0 Å². The van der Waals surface area contributed by atoms with Crippen molar-refractivity contribution in [1.29, 1.82) is 0 Å². The summed E-state index contributed by atoms with van der Waals surface area (Å²) in [6, 6.07) is 2.04. The van der Waals surface area contributed by atoms with Gasteiger partial charge in [0.2, 0.25) is 10.0 Å². The van der Waals surface area contributed by atoms with Gasteiger partial charge in [0.1, 0.15) is 5.82 Å². The molecule has 0 atom stereocenters. The number of hydrogen-bond acceptors (Lipinski definition) is 4. The Hall–Kier alpha value is -0.660. The number of piperidine rings is 1. The van der Waals surface area contributed by atoms with Gasteiger partial charge in [-0.15, -0.1) is 0 Å². The van der Waals surface area contributed by atoms with Crippen molar-refractivity contribution in [3.05, 3.63) is 22.3 Å². The number of pyridine rings is 1. The van der Waals surface area contributed by atoms with Crippen molar-refractivity contribution in [3.8, 4) is 0 Å². The first-order chi connectivity index (χ1) is 8.85. The molecule has 7 heteroatoms. The van der Waals surface area contributed by atoms with Crippen LogP contribution in [0.1, 0.15) is 18.4 Å². The van der Waals surface area contributed by atoms with Gasteiger partial charge < -0.3 is 4.90 Å². The van der Waals surface area contributed by atoms with E-state index >= 15 is 0 Å². The van der Waals surface area contributed by atoms with E-state index in [9.17, 15) is 8.42 Å². The summed E-state index contributed by atoms with van der Waals surface area (Å²) >= 11 is 3.40. The van der Waals surface area contributed by atoms with Gasteiger partial charge >= 0.3 is 0 Å². The van der Waals surface area contributed by atoms with E-state index in [0.29, 0.717) is 0 Å². The molecule has 19 heavy (non-hydrogen) atoms. The van der Waals surface area contributed by atoms with Gasteiger partial charge in [-0.25, -0.2) is 18.5 Å². The van der Waals surface area contributed by atoms with Gasteiger partial charge in [-0.3, -0.25) is 0 Å². The largest absolute Gasteiger partial charge is 0.356 e. The minimum absolute atomic E-state index is 0.0909. The van der Waals surface area contributed by atoms with E-state index in [1.54, 1.807) is 6.20 Å². The molecule has 2 N–H and O–H groups in total. The number of halogens is 1. The smallest absolute Gasteiger partial charge is 0.209 e. The lowest BCUT2D eigenvalue weighted by atomic mass is 9.99. The van der Waals surface area contributed by atoms with Crippen molar-refractivity contribution in [1.82, 2.24) is 4.98 Å². The lowest BCUT2D eigenvalue weighted by molar-refractivity contribution is 0.434. The highest BCUT2D eigenvalue weighted by Gasteiger charge is 2.24. The SMILES string of the molecule is Cc1cc(Br)cnc1N1CCC(CS(N)(=O)=O)CC1. The van der Waals surface area contributed by atoms with Crippen LogP contribution in [-0.4, -0.2) is 32.2 Å². The van der Waals surface area contributed by atoms with Gasteiger partial charge in [0.15, 0.2) is 0 Å². The molecule has 1 aliphatic rings. The van der Waals surface area contributed by atoms with E-state index in [-0.39, 0.29) is 11.7 Å². The highest BCUT2D eigenvalue weighted by atomic mass is 79.9. The van der Waals surface area contributed by atoms with E-state index in [0.717, 1.165) is 41.8 Å². The Morgan fingerprint density at radius 2 is 2.11 bits per heavy atom. The molecule has 1 aromatic heterocycles. The Bertz CT molecular complexity index is 554. The summed E-state index contributed by atoms with van der Waals surface area (Å²) in [5, 5.41) is 5.09. The molecule has 0 amide bonds. The number of rotatable bonds is 3. The van der Waals surface area contributed by atoms with Gasteiger partial charge in [-0.2, -0.15) is 0 Å². The fraction of sp³-hybridized carbons (Fsp3) is 0.583. The third-order valence-corrected chi connectivity index (χ3v) is 4.77. The summed E-state index contributed by atoms with van der Waals surface area (Å²) in [6.07, 6.45) is 3.47. The molecular formula is C12H18BrN3O2S. The average Bonchev–Trinajstić information content (AvgIpc) is 2.28. The normalized spacial score (nSPS) is 17.7. The monoisotopic (exact) mass is 347 g/mol. The molecule has 0 bridgehead atoms. The van der Waals surface area contributed by atoms with Crippen LogP contribution < -0.4 is 10.0 Å². The molecule has 0 saturated carbocycles. The van der Waals surface area contributed by atoms with Crippen LogP contribution in [0.5, 0.6) is 0 Å². The fourth-order valence-corrected chi connectivity index (χ4v) is 3.94. The summed E-state index contributed by atoms with van der Waals surface area (Å²) in [4.78, 5) is 6.65. The van der Waals surface area contributed by atoms with E-state index in [1.807, 2.05) is 13.0 Å². The summed E-state index contributed by atoms with van der Waals surface area (Å²) in [7, 11) is -3.36. The summed E-state index contributed by atoms with van der Waals surface area (Å²) in [5.41, 5.74) is 1.12. The second kappa shape index (κ2) is 5.76. The Labute approximate surface area is 122 Å². The van der Waals surface area contributed by atoms with Crippen LogP contribution in [0, 0.1) is 12.8 Å². The molecule has 106 valence electrons. The second-order valence-electron chi connectivity index (χ2n) is 5.05. The van der Waals surface area contributed by atoms with E-state index in [1.165, 1.54) is 0 Å². The number of hydrogen-bond donors (Lipinski definition) is 1. The third-order valence-electron chi connectivity index (χ3n) is 3.40. The molecule has 1 fully saturated rings. The first kappa shape index (κ1) is 14.7. The van der Waals surface area contributed by atoms with Gasteiger partial charge in [0.05, 0.1) is 5.75 Å². The predicted molar refractivity (Wildman–Crippen MR) is 79.6 cm³/mol. The first-order valence-corrected chi connectivity index (χ1v) is 8.73. The van der Waals surface area contributed by atoms with E-state index in [4.69, 9.17) is 5.14 Å². The Morgan fingerprint density at radius 3 is 2.63 bits per heavy atom. The number of aromatic nitrogens is 1. The number of aryl methyl sites for hydroxylation is 1. The van der Waals surface area contributed by atoms with Gasteiger partial charge in [0, 0.05) is 23.8 Å². The minimum atomic E-state index is -3.36. The maximum Gasteiger partial charge on any atom is 0.209 e. The summed E-state index contributed by atoms with van der Waals surface area (Å²) in [5.74, 6) is 1.24. The number of nitrogens with two attached hydrogens (primary N) is 1. The van der Waals surface area contributed by atoms with Crippen molar-refractivity contribution in [3.63, 3.8) is 0 Å². The minimum Gasteiger partial charge on any atom is -0.356 e. The van der Waals surface area contributed by atoms with Crippen LogP contribution in [0.25, 0.3) is 0 Å². The van der Waals surface area contributed by atoms with Crippen molar-refractivity contribution in [2.45, 2.75) is 19.8 Å². The zero-order chi connectivity index (χ0) is 14.0. The number of sulfonamides is 1. The van der Waals surface area contributed by atoms with Crippen molar-refractivity contribution < 1.29 is 8.42 Å². The van der Waals surface area contributed by atoms with Gasteiger partial charge in [0.25, 0.3) is 0 Å². The molecule has 2 heterocycles. The lowest BCUT2D eigenvalue weighted by Crippen LogP contribution is -2.37. The van der Waals surface area contributed by atoms with Gasteiger partial charge in [-0.05, 0) is 53.2 Å². The van der Waals surface area contributed by atoms with Crippen molar-refractivity contribution in [2.75, 3.05) is 23.7 Å². The molecule has 0 radical (unpaired) electrons. The first-order valence-electron chi connectivity index (χ1n) is 6.23. The van der Waals surface area contributed by atoms with Crippen LogP contribution in [0.15, 0.2) is 16.7 Å². The quantitative estimate of drug-likeness (QED) is 0.901. The molecular weight excluding hydrogens is 330 g/mol. The zero-order valence-electron chi connectivity index (χ0n) is 10.8. The topological polar surface area (TPSA) is 76.3 Å². The van der Waals surface area contributed by atoms with Crippen LogP contribution in [0.4, 0.5) is 5.82 Å². The third kappa shape index (κ3) is 4.15. The molecule has 0 spiro atoms. The molecule has 0 aliphatic carbocycles. The summed E-state index contributed by atoms with van der Waals surface area (Å²) in [6.45, 7) is 3.69. The maximum absolute atomic E-state index is 11.1. The Kier molecular flexibility index (Phi) is 4.47. The number of anilines is 1. The Balaban J connectivity index is 2.00. The predicted octanol–water partition coefficient (Wildman–Crippen LogP) is 1.66. The second-order valence-corrected chi connectivity index (χ2v) is 7.63. The van der Waals surface area contributed by atoms with Crippen LogP contribution >= 0.6 is 15.9 Å². The molecule has 1 aliphatic heterocycles. The molecule has 1 aromatic rings. The number of primary sulfonamides is 1. The molecule has 5 nitrogen and oxygen atoms in total. The summed E-state index contributed by atoms with van der Waals surface area (Å²) < 4.78 is 23.1. The highest BCUT2D eigenvalue weighted by molar-refractivity contribution is 9.10. The van der Waals surface area contributed by atoms with Crippen LogP contribution in [0.2, 0.25) is 0 Å². The average molecular weight is 348 g/mol. The lowest BCUT2D eigenvalue weighted by Gasteiger charge is -2.33. The zero-order valence-corrected chi connectivity index (χ0v) is 13.2. The van der Waals surface area contributed by atoms with Crippen molar-refractivity contribution >= 4 is 31.8 Å². The van der Waals surface area contributed by atoms with E-state index in [2.05, 4.69) is 25.8 Å². The fourth-order valence-electron chi connectivity index (χ4n) is 2.50. The number of nitrogens with zero attached hydrogens (tertiary/aromatic N) is 2. The Morgan fingerprint density at radius 1 is 1.47 bits per heavy atom. The molecule has 0 aromatic carbocycles. The van der Waals surface area contributed by atoms with Gasteiger partial charge in [-0.1, -0.05) is 0 Å². The van der Waals surface area contributed by atoms with Crippen LogP contribution in [0.3, 0.4) is 0 Å². The highest BCUT2D eigenvalue weighted by Crippen LogP contribution is 2.26. The maximum atomic E-state index is 11.1. The molecule has 2 rings (SSSR count). The van der Waals surface area contributed by atoms with E-state index < -0.39 is 10.0 Å². The van der Waals surface area contributed by atoms with Crippen molar-refractivity contribution in [2.24, 2.45) is 11.1 Å².